The summed E-state index contributed by atoms with van der Waals surface area (Å²) in [6, 6.07) is 0.906. The zero-order chi connectivity index (χ0) is 17.6. The van der Waals surface area contributed by atoms with Gasteiger partial charge in [-0.3, -0.25) is 0 Å². The van der Waals surface area contributed by atoms with Crippen molar-refractivity contribution >= 4 is 6.09 Å². The van der Waals surface area contributed by atoms with Crippen LogP contribution in [0.5, 0.6) is 0 Å². The van der Waals surface area contributed by atoms with Crippen molar-refractivity contribution < 1.29 is 9.53 Å². The molecule has 4 nitrogen and oxygen atoms in total. The Labute approximate surface area is 148 Å². The first-order valence-electron chi connectivity index (χ1n) is 10.1. The SMILES string of the molecule is CCC1CCC(CNC2CCC(NC(=O)OC(C)(C)C)CC2)CC1. The number of amides is 1. The van der Waals surface area contributed by atoms with Gasteiger partial charge in [-0.2, -0.15) is 0 Å². The summed E-state index contributed by atoms with van der Waals surface area (Å²) < 4.78 is 5.35. The van der Waals surface area contributed by atoms with Crippen LogP contribution in [-0.2, 0) is 4.74 Å². The lowest BCUT2D eigenvalue weighted by Crippen LogP contribution is -2.44. The normalized spacial score (nSPS) is 31.5. The van der Waals surface area contributed by atoms with E-state index in [1.807, 2.05) is 20.8 Å². The van der Waals surface area contributed by atoms with Gasteiger partial charge in [-0.15, -0.1) is 0 Å². The Hall–Kier alpha value is -0.770. The summed E-state index contributed by atoms with van der Waals surface area (Å²) >= 11 is 0. The average Bonchev–Trinajstić information content (AvgIpc) is 2.53. The summed E-state index contributed by atoms with van der Waals surface area (Å²) in [6.07, 6.45) is 11.2. The molecule has 4 heteroatoms. The molecular weight excluding hydrogens is 300 g/mol. The standard InChI is InChI=1S/C20H38N2O2/c1-5-15-6-8-16(9-7-15)14-21-17-10-12-18(13-11-17)22-19(23)24-20(2,3)4/h15-18,21H,5-14H2,1-4H3,(H,22,23). The highest BCUT2D eigenvalue weighted by molar-refractivity contribution is 5.68. The molecule has 0 aliphatic heterocycles. The zero-order valence-corrected chi connectivity index (χ0v) is 16.2. The van der Waals surface area contributed by atoms with Crippen molar-refractivity contribution in [3.8, 4) is 0 Å². The minimum atomic E-state index is -0.417. The van der Waals surface area contributed by atoms with Gasteiger partial charge in [-0.1, -0.05) is 26.2 Å². The third-order valence-electron chi connectivity index (χ3n) is 5.69. The number of carbonyl (C=O) groups is 1. The molecule has 0 atom stereocenters. The molecule has 0 saturated heterocycles. The van der Waals surface area contributed by atoms with Crippen LogP contribution in [0.25, 0.3) is 0 Å². The third kappa shape index (κ3) is 7.00. The van der Waals surface area contributed by atoms with Gasteiger partial charge in [-0.05, 0) is 77.7 Å². The molecule has 0 radical (unpaired) electrons. The van der Waals surface area contributed by atoms with E-state index < -0.39 is 5.60 Å². The van der Waals surface area contributed by atoms with E-state index in [2.05, 4.69) is 17.6 Å². The molecule has 0 heterocycles. The molecule has 0 spiro atoms. The van der Waals surface area contributed by atoms with Gasteiger partial charge in [0.05, 0.1) is 0 Å². The van der Waals surface area contributed by atoms with Gasteiger partial charge in [0.2, 0.25) is 0 Å². The molecule has 140 valence electrons. The van der Waals surface area contributed by atoms with E-state index >= 15 is 0 Å². The number of hydrogen-bond donors (Lipinski definition) is 2. The number of hydrogen-bond acceptors (Lipinski definition) is 3. The van der Waals surface area contributed by atoms with Gasteiger partial charge >= 0.3 is 6.09 Å². The highest BCUT2D eigenvalue weighted by atomic mass is 16.6. The van der Waals surface area contributed by atoms with Crippen LogP contribution in [0.3, 0.4) is 0 Å². The highest BCUT2D eigenvalue weighted by Crippen LogP contribution is 2.30. The summed E-state index contributed by atoms with van der Waals surface area (Å²) in [4.78, 5) is 11.8. The first-order chi connectivity index (χ1) is 11.4. The molecule has 2 aliphatic rings. The average molecular weight is 339 g/mol. The molecule has 1 amide bonds. The maximum absolute atomic E-state index is 11.8. The second-order valence-electron chi connectivity index (χ2n) is 8.90. The first kappa shape index (κ1) is 19.6. The zero-order valence-electron chi connectivity index (χ0n) is 16.2. The first-order valence-corrected chi connectivity index (χ1v) is 10.1. The lowest BCUT2D eigenvalue weighted by Gasteiger charge is -2.33. The highest BCUT2D eigenvalue weighted by Gasteiger charge is 2.26. The van der Waals surface area contributed by atoms with Crippen LogP contribution in [0.1, 0.15) is 85.5 Å². The van der Waals surface area contributed by atoms with Gasteiger partial charge in [0.25, 0.3) is 0 Å². The van der Waals surface area contributed by atoms with Gasteiger partial charge < -0.3 is 15.4 Å². The van der Waals surface area contributed by atoms with E-state index in [1.54, 1.807) is 0 Å². The quantitative estimate of drug-likeness (QED) is 0.768. The predicted octanol–water partition coefficient (Wildman–Crippen LogP) is 4.63. The Bertz CT molecular complexity index is 376. The molecule has 0 unspecified atom stereocenters. The Morgan fingerprint density at radius 1 is 0.917 bits per heavy atom. The van der Waals surface area contributed by atoms with E-state index in [9.17, 15) is 4.79 Å². The Morgan fingerprint density at radius 3 is 2.00 bits per heavy atom. The molecule has 0 aromatic heterocycles. The smallest absolute Gasteiger partial charge is 0.407 e. The maximum atomic E-state index is 11.8. The maximum Gasteiger partial charge on any atom is 0.407 e. The molecule has 2 saturated carbocycles. The fourth-order valence-corrected chi connectivity index (χ4v) is 4.09. The van der Waals surface area contributed by atoms with Crippen LogP contribution in [0.4, 0.5) is 4.79 Å². The number of carbonyl (C=O) groups excluding carboxylic acids is 1. The largest absolute Gasteiger partial charge is 0.444 e. The van der Waals surface area contributed by atoms with Crippen LogP contribution >= 0.6 is 0 Å². The second kappa shape index (κ2) is 9.07. The van der Waals surface area contributed by atoms with Crippen molar-refractivity contribution in [3.63, 3.8) is 0 Å². The Morgan fingerprint density at radius 2 is 1.46 bits per heavy atom. The molecule has 0 aromatic rings. The minimum absolute atomic E-state index is 0.272. The Kier molecular flexibility index (Phi) is 7.39. The molecule has 2 aliphatic carbocycles. The fourth-order valence-electron chi connectivity index (χ4n) is 4.09. The molecule has 2 fully saturated rings. The van der Waals surface area contributed by atoms with Gasteiger partial charge in [-0.25, -0.2) is 4.79 Å². The lowest BCUT2D eigenvalue weighted by atomic mass is 9.80. The monoisotopic (exact) mass is 338 g/mol. The summed E-state index contributed by atoms with van der Waals surface area (Å²) in [6.45, 7) is 9.22. The fraction of sp³-hybridized carbons (Fsp3) is 0.950. The summed E-state index contributed by atoms with van der Waals surface area (Å²) in [5.74, 6) is 1.86. The molecule has 24 heavy (non-hydrogen) atoms. The Balaban J connectivity index is 1.59. The number of rotatable bonds is 5. The van der Waals surface area contributed by atoms with Gasteiger partial charge in [0.1, 0.15) is 5.60 Å². The van der Waals surface area contributed by atoms with Crippen molar-refractivity contribution in [1.29, 1.82) is 0 Å². The summed E-state index contributed by atoms with van der Waals surface area (Å²) in [5, 5.41) is 6.82. The van der Waals surface area contributed by atoms with Crippen LogP contribution in [0, 0.1) is 11.8 Å². The summed E-state index contributed by atoms with van der Waals surface area (Å²) in [5.41, 5.74) is -0.417. The third-order valence-corrected chi connectivity index (χ3v) is 5.69. The van der Waals surface area contributed by atoms with Crippen molar-refractivity contribution in [2.75, 3.05) is 6.54 Å². The summed E-state index contributed by atoms with van der Waals surface area (Å²) in [7, 11) is 0. The lowest BCUT2D eigenvalue weighted by molar-refractivity contribution is 0.0489. The van der Waals surface area contributed by atoms with E-state index in [-0.39, 0.29) is 12.1 Å². The number of ether oxygens (including phenoxy) is 1. The van der Waals surface area contributed by atoms with Crippen molar-refractivity contribution in [3.05, 3.63) is 0 Å². The molecule has 0 aromatic carbocycles. The van der Waals surface area contributed by atoms with Crippen molar-refractivity contribution in [2.45, 2.75) is 103 Å². The van der Waals surface area contributed by atoms with E-state index in [0.29, 0.717) is 6.04 Å². The topological polar surface area (TPSA) is 50.4 Å². The van der Waals surface area contributed by atoms with Crippen LogP contribution in [-0.4, -0.2) is 30.3 Å². The van der Waals surface area contributed by atoms with Crippen LogP contribution in [0.2, 0.25) is 0 Å². The molecule has 2 rings (SSSR count). The molecule has 2 N–H and O–H groups in total. The predicted molar refractivity (Wildman–Crippen MR) is 99.2 cm³/mol. The number of nitrogens with one attached hydrogen (secondary N) is 2. The number of alkyl carbamates (subject to hydrolysis) is 1. The van der Waals surface area contributed by atoms with Gasteiger partial charge in [0.15, 0.2) is 0 Å². The second-order valence-corrected chi connectivity index (χ2v) is 8.90. The van der Waals surface area contributed by atoms with Gasteiger partial charge in [0, 0.05) is 12.1 Å². The van der Waals surface area contributed by atoms with E-state index in [4.69, 9.17) is 4.74 Å². The van der Waals surface area contributed by atoms with Crippen LogP contribution in [0.15, 0.2) is 0 Å². The van der Waals surface area contributed by atoms with E-state index in [1.165, 1.54) is 38.6 Å². The molecular formula is C20H38N2O2. The molecule has 0 bridgehead atoms. The minimum Gasteiger partial charge on any atom is -0.444 e. The van der Waals surface area contributed by atoms with Crippen molar-refractivity contribution in [1.82, 2.24) is 10.6 Å². The van der Waals surface area contributed by atoms with E-state index in [0.717, 1.165) is 37.5 Å². The van der Waals surface area contributed by atoms with Crippen LogP contribution < -0.4 is 10.6 Å². The van der Waals surface area contributed by atoms with Crippen molar-refractivity contribution in [2.24, 2.45) is 11.8 Å².